The van der Waals surface area contributed by atoms with Gasteiger partial charge in [0, 0.05) is 64.2 Å². The monoisotopic (exact) mass is 477 g/mol. The highest BCUT2D eigenvalue weighted by Gasteiger charge is 2.25. The van der Waals surface area contributed by atoms with E-state index in [0.717, 1.165) is 37.0 Å². The summed E-state index contributed by atoms with van der Waals surface area (Å²) in [4.78, 5) is 17.6. The van der Waals surface area contributed by atoms with E-state index in [1.165, 1.54) is 38.2 Å². The molecule has 0 amide bonds. The number of piperazine rings is 1. The second kappa shape index (κ2) is 10.7. The van der Waals surface area contributed by atoms with Gasteiger partial charge in [-0.1, -0.05) is 24.3 Å². The topological polar surface area (TPSA) is 78.0 Å². The number of para-hydroxylation sites is 1. The van der Waals surface area contributed by atoms with Crippen molar-refractivity contribution in [3.05, 3.63) is 54.1 Å². The van der Waals surface area contributed by atoms with Gasteiger partial charge >= 0.3 is 0 Å². The number of sulfonamides is 1. The third-order valence-electron chi connectivity index (χ3n) is 5.71. The number of nitrogens with zero attached hydrogens (tertiary/aromatic N) is 3. The van der Waals surface area contributed by atoms with Crippen molar-refractivity contribution in [2.75, 3.05) is 58.0 Å². The van der Waals surface area contributed by atoms with E-state index in [4.69, 9.17) is 0 Å². The summed E-state index contributed by atoms with van der Waals surface area (Å²) < 4.78 is 38.4. The van der Waals surface area contributed by atoms with Crippen LogP contribution < -0.4 is 4.90 Å². The SMILES string of the molecule is CN(C)S(=O)(=O)c1cc(C(=O)CCCN2CCN(c3ccccc3)CC2)ccc1S(C)=O. The number of rotatable bonds is 9. The van der Waals surface area contributed by atoms with Crippen molar-refractivity contribution >= 4 is 32.3 Å². The maximum absolute atomic E-state index is 12.7. The molecule has 1 aliphatic rings. The average molecular weight is 478 g/mol. The number of anilines is 1. The van der Waals surface area contributed by atoms with Crippen molar-refractivity contribution in [2.45, 2.75) is 22.6 Å². The molecule has 0 bridgehead atoms. The van der Waals surface area contributed by atoms with Gasteiger partial charge in [-0.3, -0.25) is 13.9 Å². The van der Waals surface area contributed by atoms with Gasteiger partial charge < -0.3 is 4.90 Å². The summed E-state index contributed by atoms with van der Waals surface area (Å²) in [6.07, 6.45) is 2.49. The van der Waals surface area contributed by atoms with Crippen molar-refractivity contribution < 1.29 is 17.4 Å². The molecule has 0 N–H and O–H groups in total. The molecule has 1 fully saturated rings. The lowest BCUT2D eigenvalue weighted by atomic mass is 10.1. The Morgan fingerprint density at radius 2 is 1.69 bits per heavy atom. The minimum atomic E-state index is -3.80. The summed E-state index contributed by atoms with van der Waals surface area (Å²) in [6.45, 7) is 4.64. The zero-order chi connectivity index (χ0) is 23.3. The first-order chi connectivity index (χ1) is 15.2. The summed E-state index contributed by atoms with van der Waals surface area (Å²) in [5.41, 5.74) is 1.58. The van der Waals surface area contributed by atoms with Crippen LogP contribution in [0.1, 0.15) is 23.2 Å². The zero-order valence-electron chi connectivity index (χ0n) is 18.9. The fourth-order valence-corrected chi connectivity index (χ4v) is 6.05. The van der Waals surface area contributed by atoms with E-state index in [1.54, 1.807) is 6.07 Å². The third kappa shape index (κ3) is 5.83. The standard InChI is InChI=1S/C23H31N3O4S2/c1-24(2)32(29,30)23-18-19(11-12-22(23)31(3)28)21(27)10-7-13-25-14-16-26(17-15-25)20-8-5-4-6-9-20/h4-6,8-9,11-12,18H,7,10,13-17H2,1-3H3. The van der Waals surface area contributed by atoms with Gasteiger partial charge in [-0.2, -0.15) is 0 Å². The molecule has 7 nitrogen and oxygen atoms in total. The van der Waals surface area contributed by atoms with Crippen molar-refractivity contribution in [1.82, 2.24) is 9.21 Å². The number of ketones is 1. The van der Waals surface area contributed by atoms with E-state index >= 15 is 0 Å². The van der Waals surface area contributed by atoms with Crippen LogP contribution in [0.15, 0.2) is 58.3 Å². The summed E-state index contributed by atoms with van der Waals surface area (Å²) in [6, 6.07) is 14.8. The van der Waals surface area contributed by atoms with E-state index in [9.17, 15) is 17.4 Å². The lowest BCUT2D eigenvalue weighted by molar-refractivity contribution is 0.0974. The molecule has 174 valence electrons. The zero-order valence-corrected chi connectivity index (χ0v) is 20.5. The number of carbonyl (C=O) groups excluding carboxylic acids is 1. The quantitative estimate of drug-likeness (QED) is 0.517. The predicted molar refractivity (Wildman–Crippen MR) is 128 cm³/mol. The molecule has 1 heterocycles. The smallest absolute Gasteiger partial charge is 0.243 e. The minimum absolute atomic E-state index is 0.0637. The highest BCUT2D eigenvalue weighted by Crippen LogP contribution is 2.24. The predicted octanol–water partition coefficient (Wildman–Crippen LogP) is 2.46. The Bertz CT molecular complexity index is 1060. The largest absolute Gasteiger partial charge is 0.369 e. The van der Waals surface area contributed by atoms with Crippen molar-refractivity contribution in [3.8, 4) is 0 Å². The molecule has 0 spiro atoms. The van der Waals surface area contributed by atoms with Crippen molar-refractivity contribution in [3.63, 3.8) is 0 Å². The molecular weight excluding hydrogens is 446 g/mol. The second-order valence-electron chi connectivity index (χ2n) is 8.09. The van der Waals surface area contributed by atoms with Gasteiger partial charge in [0.25, 0.3) is 0 Å². The lowest BCUT2D eigenvalue weighted by Crippen LogP contribution is -2.46. The highest BCUT2D eigenvalue weighted by atomic mass is 32.2. The van der Waals surface area contributed by atoms with Crippen molar-refractivity contribution in [1.29, 1.82) is 0 Å². The van der Waals surface area contributed by atoms with Crippen LogP contribution >= 0.6 is 0 Å². The first kappa shape index (κ1) is 24.6. The molecule has 1 saturated heterocycles. The van der Waals surface area contributed by atoms with Crippen LogP contribution in [0, 0.1) is 0 Å². The molecule has 32 heavy (non-hydrogen) atoms. The van der Waals surface area contributed by atoms with Crippen LogP contribution in [0.3, 0.4) is 0 Å². The average Bonchev–Trinajstić information content (AvgIpc) is 2.79. The van der Waals surface area contributed by atoms with Gasteiger partial charge in [0.2, 0.25) is 10.0 Å². The number of carbonyl (C=O) groups is 1. The summed E-state index contributed by atoms with van der Waals surface area (Å²) in [5, 5.41) is 0. The third-order valence-corrected chi connectivity index (χ3v) is 8.67. The van der Waals surface area contributed by atoms with E-state index < -0.39 is 20.8 Å². The first-order valence-electron chi connectivity index (χ1n) is 10.7. The summed E-state index contributed by atoms with van der Waals surface area (Å²) in [5.74, 6) is -0.100. The van der Waals surface area contributed by atoms with Gasteiger partial charge in [0.1, 0.15) is 0 Å². The normalized spacial score (nSPS) is 16.3. The maximum atomic E-state index is 12.7. The molecule has 0 aliphatic carbocycles. The molecule has 0 saturated carbocycles. The maximum Gasteiger partial charge on any atom is 0.243 e. The second-order valence-corrected chi connectivity index (χ2v) is 11.6. The van der Waals surface area contributed by atoms with Crippen LogP contribution in [0.2, 0.25) is 0 Å². The number of Topliss-reactive ketones (excluding diaryl/α,β-unsaturated/α-hetero) is 1. The molecule has 1 unspecified atom stereocenters. The number of hydrogen-bond donors (Lipinski definition) is 0. The first-order valence-corrected chi connectivity index (χ1v) is 13.7. The summed E-state index contributed by atoms with van der Waals surface area (Å²) in [7, 11) is -2.44. The van der Waals surface area contributed by atoms with E-state index in [1.807, 2.05) is 18.2 Å². The van der Waals surface area contributed by atoms with Crippen LogP contribution in [-0.4, -0.2) is 80.7 Å². The molecular formula is C23H31N3O4S2. The van der Waals surface area contributed by atoms with E-state index in [0.29, 0.717) is 18.4 Å². The number of benzene rings is 2. The van der Waals surface area contributed by atoms with Crippen molar-refractivity contribution in [2.24, 2.45) is 0 Å². The fourth-order valence-electron chi connectivity index (χ4n) is 3.79. The van der Waals surface area contributed by atoms with E-state index in [2.05, 4.69) is 21.9 Å². The lowest BCUT2D eigenvalue weighted by Gasteiger charge is -2.36. The van der Waals surface area contributed by atoms with Crippen LogP contribution in [0.5, 0.6) is 0 Å². The highest BCUT2D eigenvalue weighted by molar-refractivity contribution is 7.90. The molecule has 2 aromatic carbocycles. The van der Waals surface area contributed by atoms with Gasteiger partial charge in [0.15, 0.2) is 5.78 Å². The van der Waals surface area contributed by atoms with Crippen LogP contribution in [0.25, 0.3) is 0 Å². The summed E-state index contributed by atoms with van der Waals surface area (Å²) >= 11 is 0. The molecule has 0 aromatic heterocycles. The molecule has 0 radical (unpaired) electrons. The molecule has 1 atom stereocenters. The molecule has 1 aliphatic heterocycles. The van der Waals surface area contributed by atoms with Gasteiger partial charge in [-0.05, 0) is 37.2 Å². The van der Waals surface area contributed by atoms with Crippen LogP contribution in [-0.2, 0) is 20.8 Å². The Kier molecular flexibility index (Phi) is 8.21. The van der Waals surface area contributed by atoms with Crippen LogP contribution in [0.4, 0.5) is 5.69 Å². The van der Waals surface area contributed by atoms with Gasteiger partial charge in [0.05, 0.1) is 20.6 Å². The Morgan fingerprint density at radius 1 is 1.03 bits per heavy atom. The van der Waals surface area contributed by atoms with E-state index in [-0.39, 0.29) is 15.6 Å². The number of hydrogen-bond acceptors (Lipinski definition) is 6. The molecule has 9 heteroatoms. The Balaban J connectivity index is 1.57. The van der Waals surface area contributed by atoms with Gasteiger partial charge in [-0.25, -0.2) is 12.7 Å². The fraction of sp³-hybridized carbons (Fsp3) is 0.435. The Hall–Kier alpha value is -2.07. The van der Waals surface area contributed by atoms with Gasteiger partial charge in [-0.15, -0.1) is 0 Å². The Morgan fingerprint density at radius 3 is 2.28 bits per heavy atom. The molecule has 2 aromatic rings. The minimum Gasteiger partial charge on any atom is -0.369 e. The molecule has 3 rings (SSSR count). The Labute approximate surface area is 193 Å².